The normalized spacial score (nSPS) is 15.6. The monoisotopic (exact) mass is 216 g/mol. The lowest BCUT2D eigenvalue weighted by atomic mass is 9.95. The van der Waals surface area contributed by atoms with E-state index in [0.717, 1.165) is 19.5 Å². The molecule has 0 spiro atoms. The Morgan fingerprint density at radius 1 is 1.27 bits per heavy atom. The molecule has 0 saturated carbocycles. The zero-order valence-corrected chi connectivity index (χ0v) is 10.8. The minimum atomic E-state index is -0.0921. The molecular weight excluding hydrogens is 188 g/mol. The van der Waals surface area contributed by atoms with Gasteiger partial charge in [0.1, 0.15) is 0 Å². The molecule has 0 saturated heterocycles. The summed E-state index contributed by atoms with van der Waals surface area (Å²) in [5, 5.41) is 12.8. The first-order valence-corrected chi connectivity index (χ1v) is 6.04. The molecule has 0 aromatic carbocycles. The Morgan fingerprint density at radius 3 is 2.40 bits per heavy atom. The molecule has 0 aromatic heterocycles. The third kappa shape index (κ3) is 7.77. The van der Waals surface area contributed by atoms with Crippen molar-refractivity contribution < 1.29 is 5.11 Å². The zero-order chi connectivity index (χ0) is 11.7. The van der Waals surface area contributed by atoms with Crippen LogP contribution in [0.3, 0.4) is 0 Å². The van der Waals surface area contributed by atoms with E-state index in [1.54, 1.807) is 0 Å². The van der Waals surface area contributed by atoms with Crippen LogP contribution >= 0.6 is 0 Å². The summed E-state index contributed by atoms with van der Waals surface area (Å²) < 4.78 is 0. The van der Waals surface area contributed by atoms with E-state index in [2.05, 4.69) is 38.2 Å². The van der Waals surface area contributed by atoms with Crippen LogP contribution in [0.15, 0.2) is 0 Å². The van der Waals surface area contributed by atoms with Gasteiger partial charge in [0.2, 0.25) is 0 Å². The van der Waals surface area contributed by atoms with E-state index in [-0.39, 0.29) is 12.1 Å². The molecule has 0 heterocycles. The van der Waals surface area contributed by atoms with Crippen LogP contribution in [-0.4, -0.2) is 49.3 Å². The Balaban J connectivity index is 3.74. The van der Waals surface area contributed by atoms with Crippen molar-refractivity contribution in [3.05, 3.63) is 0 Å². The Labute approximate surface area is 94.9 Å². The van der Waals surface area contributed by atoms with Crippen LogP contribution < -0.4 is 5.32 Å². The second kappa shape index (κ2) is 8.08. The third-order valence-corrected chi connectivity index (χ3v) is 2.79. The highest BCUT2D eigenvalue weighted by Gasteiger charge is 2.21. The van der Waals surface area contributed by atoms with Crippen molar-refractivity contribution in [3.8, 4) is 0 Å². The first-order valence-electron chi connectivity index (χ1n) is 6.04. The molecule has 0 amide bonds. The van der Waals surface area contributed by atoms with Crippen molar-refractivity contribution in [1.82, 2.24) is 10.2 Å². The lowest BCUT2D eigenvalue weighted by Gasteiger charge is -2.29. The van der Waals surface area contributed by atoms with Gasteiger partial charge in [0, 0.05) is 18.6 Å². The number of hydrogen-bond acceptors (Lipinski definition) is 3. The summed E-state index contributed by atoms with van der Waals surface area (Å²) in [6.07, 6.45) is 4.75. The summed E-state index contributed by atoms with van der Waals surface area (Å²) in [6, 6.07) is 0. The smallest absolute Gasteiger partial charge is 0.0610 e. The van der Waals surface area contributed by atoms with Crippen molar-refractivity contribution in [3.63, 3.8) is 0 Å². The molecule has 0 aliphatic rings. The van der Waals surface area contributed by atoms with Gasteiger partial charge in [-0.15, -0.1) is 0 Å². The Kier molecular flexibility index (Phi) is 8.02. The van der Waals surface area contributed by atoms with Gasteiger partial charge in [-0.1, -0.05) is 26.2 Å². The maximum absolute atomic E-state index is 9.37. The predicted molar refractivity (Wildman–Crippen MR) is 66.2 cm³/mol. The first kappa shape index (κ1) is 14.9. The minimum absolute atomic E-state index is 0.0921. The van der Waals surface area contributed by atoms with Gasteiger partial charge in [-0.05, 0) is 27.4 Å². The van der Waals surface area contributed by atoms with Gasteiger partial charge >= 0.3 is 0 Å². The zero-order valence-electron chi connectivity index (χ0n) is 10.8. The molecule has 15 heavy (non-hydrogen) atoms. The number of unbranched alkanes of at least 4 members (excludes halogenated alkanes) is 2. The Bertz CT molecular complexity index is 151. The summed E-state index contributed by atoms with van der Waals surface area (Å²) >= 11 is 0. The van der Waals surface area contributed by atoms with Gasteiger partial charge in [0.15, 0.2) is 0 Å². The molecule has 3 nitrogen and oxygen atoms in total. The second-order valence-corrected chi connectivity index (χ2v) is 4.91. The lowest BCUT2D eigenvalue weighted by Crippen LogP contribution is -2.47. The highest BCUT2D eigenvalue weighted by atomic mass is 16.3. The number of nitrogens with zero attached hydrogens (tertiary/aromatic N) is 1. The van der Waals surface area contributed by atoms with E-state index in [0.29, 0.717) is 0 Å². The molecule has 3 heteroatoms. The number of likely N-dealkylation sites (N-methyl/N-ethyl adjacent to an activating group) is 1. The van der Waals surface area contributed by atoms with Crippen LogP contribution in [0.25, 0.3) is 0 Å². The third-order valence-electron chi connectivity index (χ3n) is 2.79. The minimum Gasteiger partial charge on any atom is -0.394 e. The molecule has 0 radical (unpaired) electrons. The quantitative estimate of drug-likeness (QED) is 0.573. The van der Waals surface area contributed by atoms with Crippen LogP contribution in [0.1, 0.15) is 39.5 Å². The van der Waals surface area contributed by atoms with Crippen LogP contribution in [0, 0.1) is 0 Å². The van der Waals surface area contributed by atoms with Crippen LogP contribution in [0.2, 0.25) is 0 Å². The second-order valence-electron chi connectivity index (χ2n) is 4.91. The molecule has 0 fully saturated rings. The van der Waals surface area contributed by atoms with E-state index in [1.807, 2.05) is 0 Å². The van der Waals surface area contributed by atoms with Gasteiger partial charge in [0.25, 0.3) is 0 Å². The fraction of sp³-hybridized carbons (Fsp3) is 1.00. The fourth-order valence-electron chi connectivity index (χ4n) is 1.57. The Hall–Kier alpha value is -0.120. The van der Waals surface area contributed by atoms with E-state index in [4.69, 9.17) is 0 Å². The van der Waals surface area contributed by atoms with Crippen LogP contribution in [0.4, 0.5) is 0 Å². The van der Waals surface area contributed by atoms with E-state index >= 15 is 0 Å². The van der Waals surface area contributed by atoms with Crippen molar-refractivity contribution in [2.24, 2.45) is 0 Å². The molecule has 1 unspecified atom stereocenters. The fourth-order valence-corrected chi connectivity index (χ4v) is 1.57. The van der Waals surface area contributed by atoms with Crippen molar-refractivity contribution in [2.45, 2.75) is 45.1 Å². The van der Waals surface area contributed by atoms with Crippen molar-refractivity contribution in [1.29, 1.82) is 0 Å². The number of hydrogen-bond donors (Lipinski definition) is 2. The summed E-state index contributed by atoms with van der Waals surface area (Å²) in [5.74, 6) is 0. The average molecular weight is 216 g/mol. The highest BCUT2D eigenvalue weighted by Crippen LogP contribution is 2.13. The van der Waals surface area contributed by atoms with Crippen LogP contribution in [0.5, 0.6) is 0 Å². The number of nitrogens with one attached hydrogen (secondary N) is 1. The molecule has 1 atom stereocenters. The van der Waals surface area contributed by atoms with Crippen molar-refractivity contribution in [2.75, 3.05) is 33.8 Å². The van der Waals surface area contributed by atoms with Crippen LogP contribution in [-0.2, 0) is 0 Å². The topological polar surface area (TPSA) is 35.5 Å². The standard InChI is InChI=1S/C12H28N2O/c1-5-6-7-8-12(2,11-15)13-9-10-14(3)4/h13,15H,5-11H2,1-4H3. The molecule has 0 bridgehead atoms. The molecule has 0 aromatic rings. The molecular formula is C12H28N2O. The Morgan fingerprint density at radius 2 is 1.93 bits per heavy atom. The van der Waals surface area contributed by atoms with Crippen molar-refractivity contribution >= 4 is 0 Å². The largest absolute Gasteiger partial charge is 0.394 e. The van der Waals surface area contributed by atoms with Gasteiger partial charge in [-0.3, -0.25) is 0 Å². The van der Waals surface area contributed by atoms with Gasteiger partial charge in [0.05, 0.1) is 6.61 Å². The van der Waals surface area contributed by atoms with Gasteiger partial charge in [-0.25, -0.2) is 0 Å². The van der Waals surface area contributed by atoms with Gasteiger partial charge in [-0.2, -0.15) is 0 Å². The number of aliphatic hydroxyl groups excluding tert-OH is 1. The number of rotatable bonds is 9. The maximum atomic E-state index is 9.37. The number of aliphatic hydroxyl groups is 1. The predicted octanol–water partition coefficient (Wildman–Crippen LogP) is 1.47. The average Bonchev–Trinajstić information content (AvgIpc) is 2.18. The summed E-state index contributed by atoms with van der Waals surface area (Å²) in [4.78, 5) is 2.15. The highest BCUT2D eigenvalue weighted by molar-refractivity contribution is 4.82. The van der Waals surface area contributed by atoms with E-state index in [1.165, 1.54) is 19.3 Å². The molecule has 0 aliphatic carbocycles. The molecule has 0 aliphatic heterocycles. The summed E-state index contributed by atoms with van der Waals surface area (Å²) in [7, 11) is 4.13. The maximum Gasteiger partial charge on any atom is 0.0610 e. The molecule has 92 valence electrons. The van der Waals surface area contributed by atoms with E-state index < -0.39 is 0 Å². The SMILES string of the molecule is CCCCCC(C)(CO)NCCN(C)C. The lowest BCUT2D eigenvalue weighted by molar-refractivity contribution is 0.160. The summed E-state index contributed by atoms with van der Waals surface area (Å²) in [6.45, 7) is 6.50. The molecule has 0 rings (SSSR count). The van der Waals surface area contributed by atoms with Gasteiger partial charge < -0.3 is 15.3 Å². The molecule has 2 N–H and O–H groups in total. The summed E-state index contributed by atoms with van der Waals surface area (Å²) in [5.41, 5.74) is -0.0921. The van der Waals surface area contributed by atoms with E-state index in [9.17, 15) is 5.11 Å². The first-order chi connectivity index (χ1) is 7.04.